The Labute approximate surface area is 117 Å². The van der Waals surface area contributed by atoms with Gasteiger partial charge in [0.1, 0.15) is 11.6 Å². The third kappa shape index (κ3) is 2.73. The summed E-state index contributed by atoms with van der Waals surface area (Å²) in [7, 11) is 0. The molecule has 1 fully saturated rings. The topological polar surface area (TPSA) is 63.2 Å². The maximum Gasteiger partial charge on any atom is 0.238 e. The lowest BCUT2D eigenvalue weighted by molar-refractivity contribution is -0.143. The Morgan fingerprint density at radius 1 is 1.42 bits per heavy atom. The monoisotopic (exact) mass is 327 g/mol. The molecule has 2 rings (SSSR count). The fourth-order valence-corrected chi connectivity index (χ4v) is 2.78. The van der Waals surface area contributed by atoms with Crippen molar-refractivity contribution in [2.75, 3.05) is 0 Å². The standard InChI is InChI=1S/C13H11BrFNO3/c1-6(17)12-11(18)5-10(16-13(12)19)8-3-2-7(15)4-9(8)14/h2-4,10,12H,5H2,1H3,(H,16,19). The van der Waals surface area contributed by atoms with Crippen LogP contribution in [-0.2, 0) is 14.4 Å². The van der Waals surface area contributed by atoms with E-state index in [0.29, 0.717) is 10.0 Å². The molecule has 19 heavy (non-hydrogen) atoms. The second-order valence-electron chi connectivity index (χ2n) is 4.44. The Morgan fingerprint density at radius 2 is 2.11 bits per heavy atom. The smallest absolute Gasteiger partial charge is 0.238 e. The van der Waals surface area contributed by atoms with Gasteiger partial charge in [-0.15, -0.1) is 0 Å². The van der Waals surface area contributed by atoms with Gasteiger partial charge >= 0.3 is 0 Å². The second kappa shape index (κ2) is 5.21. The molecule has 100 valence electrons. The van der Waals surface area contributed by atoms with Gasteiger partial charge in [0.25, 0.3) is 0 Å². The van der Waals surface area contributed by atoms with E-state index in [1.54, 1.807) is 0 Å². The number of carbonyl (C=O) groups excluding carboxylic acids is 3. The largest absolute Gasteiger partial charge is 0.348 e. The van der Waals surface area contributed by atoms with Crippen LogP contribution in [0.3, 0.4) is 0 Å². The first-order valence-corrected chi connectivity index (χ1v) is 6.48. The van der Waals surface area contributed by atoms with Crippen molar-refractivity contribution in [3.63, 3.8) is 0 Å². The summed E-state index contributed by atoms with van der Waals surface area (Å²) in [4.78, 5) is 34.8. The van der Waals surface area contributed by atoms with Crippen LogP contribution in [0.5, 0.6) is 0 Å². The van der Waals surface area contributed by atoms with Crippen LogP contribution >= 0.6 is 15.9 Å². The highest BCUT2D eigenvalue weighted by atomic mass is 79.9. The van der Waals surface area contributed by atoms with Gasteiger partial charge in [0, 0.05) is 10.9 Å². The van der Waals surface area contributed by atoms with Crippen LogP contribution in [0.25, 0.3) is 0 Å². The van der Waals surface area contributed by atoms with Gasteiger partial charge in [-0.2, -0.15) is 0 Å². The number of benzene rings is 1. The summed E-state index contributed by atoms with van der Waals surface area (Å²) in [5.74, 6) is -3.08. The number of Topliss-reactive ketones (excluding diaryl/α,β-unsaturated/α-hetero) is 2. The maximum absolute atomic E-state index is 13.0. The first-order chi connectivity index (χ1) is 8.90. The van der Waals surface area contributed by atoms with E-state index in [1.807, 2.05) is 0 Å². The predicted octanol–water partition coefficient (Wildman–Crippen LogP) is 1.92. The number of halogens is 2. The van der Waals surface area contributed by atoms with Crippen LogP contribution in [-0.4, -0.2) is 17.5 Å². The minimum Gasteiger partial charge on any atom is -0.348 e. The Kier molecular flexibility index (Phi) is 3.80. The van der Waals surface area contributed by atoms with E-state index in [1.165, 1.54) is 25.1 Å². The molecule has 0 spiro atoms. The molecule has 1 N–H and O–H groups in total. The van der Waals surface area contributed by atoms with Gasteiger partial charge < -0.3 is 5.32 Å². The number of hydrogen-bond donors (Lipinski definition) is 1. The lowest BCUT2D eigenvalue weighted by Gasteiger charge is -2.27. The van der Waals surface area contributed by atoms with Crippen molar-refractivity contribution in [3.8, 4) is 0 Å². The number of hydrogen-bond acceptors (Lipinski definition) is 3. The average molecular weight is 328 g/mol. The number of piperidine rings is 1. The molecule has 1 aromatic rings. The molecular formula is C13H11BrFNO3. The summed E-state index contributed by atoms with van der Waals surface area (Å²) >= 11 is 3.20. The Bertz CT molecular complexity index is 555. The van der Waals surface area contributed by atoms with E-state index in [0.717, 1.165) is 0 Å². The molecule has 4 nitrogen and oxygen atoms in total. The third-order valence-corrected chi connectivity index (χ3v) is 3.74. The highest BCUT2D eigenvalue weighted by Gasteiger charge is 2.38. The molecule has 0 bridgehead atoms. The zero-order valence-electron chi connectivity index (χ0n) is 10.1. The molecule has 1 saturated heterocycles. The van der Waals surface area contributed by atoms with Crippen LogP contribution in [0.2, 0.25) is 0 Å². The van der Waals surface area contributed by atoms with Crippen molar-refractivity contribution >= 4 is 33.4 Å². The van der Waals surface area contributed by atoms with Gasteiger partial charge in [-0.1, -0.05) is 22.0 Å². The van der Waals surface area contributed by atoms with E-state index in [-0.39, 0.29) is 6.42 Å². The quantitative estimate of drug-likeness (QED) is 0.844. The summed E-state index contributed by atoms with van der Waals surface area (Å²) in [5, 5.41) is 2.62. The zero-order chi connectivity index (χ0) is 14.2. The lowest BCUT2D eigenvalue weighted by atomic mass is 9.87. The molecule has 1 aliphatic rings. The van der Waals surface area contributed by atoms with Crippen molar-refractivity contribution in [3.05, 3.63) is 34.1 Å². The number of ketones is 2. The van der Waals surface area contributed by atoms with Gasteiger partial charge in [0.05, 0.1) is 6.04 Å². The highest BCUT2D eigenvalue weighted by Crippen LogP contribution is 2.30. The number of nitrogens with one attached hydrogen (secondary N) is 1. The van der Waals surface area contributed by atoms with Gasteiger partial charge in [-0.3, -0.25) is 14.4 Å². The van der Waals surface area contributed by atoms with Gasteiger partial charge in [-0.05, 0) is 24.6 Å². The minimum atomic E-state index is -1.21. The van der Waals surface area contributed by atoms with Crippen LogP contribution in [0.4, 0.5) is 4.39 Å². The Morgan fingerprint density at radius 3 is 2.63 bits per heavy atom. The van der Waals surface area contributed by atoms with Gasteiger partial charge in [0.15, 0.2) is 11.7 Å². The van der Waals surface area contributed by atoms with Gasteiger partial charge in [-0.25, -0.2) is 4.39 Å². The van der Waals surface area contributed by atoms with Crippen molar-refractivity contribution < 1.29 is 18.8 Å². The number of carbonyl (C=O) groups is 3. The fourth-order valence-electron chi connectivity index (χ4n) is 2.15. The maximum atomic E-state index is 13.0. The van der Waals surface area contributed by atoms with Crippen LogP contribution in [0, 0.1) is 11.7 Å². The van der Waals surface area contributed by atoms with E-state index in [4.69, 9.17) is 0 Å². The molecule has 1 amide bonds. The molecule has 1 heterocycles. The van der Waals surface area contributed by atoms with Crippen LogP contribution in [0.15, 0.2) is 22.7 Å². The summed E-state index contributed by atoms with van der Waals surface area (Å²) < 4.78 is 13.5. The molecule has 0 aromatic heterocycles. The Hall–Kier alpha value is -1.56. The van der Waals surface area contributed by atoms with Gasteiger partial charge in [0.2, 0.25) is 5.91 Å². The number of amides is 1. The highest BCUT2D eigenvalue weighted by molar-refractivity contribution is 9.10. The van der Waals surface area contributed by atoms with Crippen molar-refractivity contribution in [2.24, 2.45) is 5.92 Å². The van der Waals surface area contributed by atoms with Crippen molar-refractivity contribution in [1.82, 2.24) is 5.32 Å². The summed E-state index contributed by atoms with van der Waals surface area (Å²) in [6, 6.07) is 3.49. The van der Waals surface area contributed by atoms with Crippen LogP contribution in [0.1, 0.15) is 24.9 Å². The SMILES string of the molecule is CC(=O)C1C(=O)CC(c2ccc(F)cc2Br)NC1=O. The first-order valence-electron chi connectivity index (χ1n) is 5.68. The normalized spacial score (nSPS) is 23.1. The molecular weight excluding hydrogens is 317 g/mol. The predicted molar refractivity (Wildman–Crippen MR) is 68.8 cm³/mol. The fraction of sp³-hybridized carbons (Fsp3) is 0.308. The zero-order valence-corrected chi connectivity index (χ0v) is 11.7. The molecule has 0 radical (unpaired) electrons. The van der Waals surface area contributed by atoms with E-state index in [9.17, 15) is 18.8 Å². The van der Waals surface area contributed by atoms with Crippen molar-refractivity contribution in [1.29, 1.82) is 0 Å². The summed E-state index contributed by atoms with van der Waals surface area (Å²) in [6.07, 6.45) is 0.0280. The van der Waals surface area contributed by atoms with Crippen LogP contribution < -0.4 is 5.32 Å². The van der Waals surface area contributed by atoms with E-state index < -0.39 is 35.3 Å². The summed E-state index contributed by atoms with van der Waals surface area (Å²) in [5.41, 5.74) is 0.616. The second-order valence-corrected chi connectivity index (χ2v) is 5.30. The molecule has 2 unspecified atom stereocenters. The first kappa shape index (κ1) is 13.9. The molecule has 6 heteroatoms. The molecule has 1 aromatic carbocycles. The molecule has 0 saturated carbocycles. The minimum absolute atomic E-state index is 0.0280. The Balaban J connectivity index is 2.28. The average Bonchev–Trinajstić information content (AvgIpc) is 2.26. The molecule has 0 aliphatic carbocycles. The van der Waals surface area contributed by atoms with E-state index in [2.05, 4.69) is 21.2 Å². The third-order valence-electron chi connectivity index (χ3n) is 3.05. The molecule has 1 aliphatic heterocycles. The lowest BCUT2D eigenvalue weighted by Crippen LogP contribution is -2.47. The van der Waals surface area contributed by atoms with E-state index >= 15 is 0 Å². The summed E-state index contributed by atoms with van der Waals surface area (Å²) in [6.45, 7) is 1.22. The van der Waals surface area contributed by atoms with Crippen molar-refractivity contribution in [2.45, 2.75) is 19.4 Å². The number of rotatable bonds is 2. The molecule has 2 atom stereocenters.